The van der Waals surface area contributed by atoms with Crippen LogP contribution < -0.4 is 22.1 Å². The first kappa shape index (κ1) is 22.8. The number of aryl methyl sites for hydroxylation is 1. The lowest BCUT2D eigenvalue weighted by Crippen LogP contribution is -2.47. The lowest BCUT2D eigenvalue weighted by molar-refractivity contribution is 0.0751. The summed E-state index contributed by atoms with van der Waals surface area (Å²) < 4.78 is 46.9. The van der Waals surface area contributed by atoms with Crippen LogP contribution in [0.1, 0.15) is 22.5 Å². The van der Waals surface area contributed by atoms with Gasteiger partial charge in [0.1, 0.15) is 12.4 Å². The number of nitrogens with one attached hydrogen (secondary N) is 2. The van der Waals surface area contributed by atoms with Crippen molar-refractivity contribution in [2.75, 3.05) is 23.8 Å². The number of rotatable bonds is 7. The maximum atomic E-state index is 14.7. The number of pyridine rings is 1. The summed E-state index contributed by atoms with van der Waals surface area (Å²) in [5.74, 6) is -1.64. The van der Waals surface area contributed by atoms with Gasteiger partial charge in [0.25, 0.3) is 12.3 Å². The van der Waals surface area contributed by atoms with Crippen LogP contribution in [0.5, 0.6) is 0 Å². The van der Waals surface area contributed by atoms with Gasteiger partial charge in [0.2, 0.25) is 0 Å². The van der Waals surface area contributed by atoms with Crippen LogP contribution >= 0.6 is 0 Å². The molecule has 0 aliphatic carbocycles. The van der Waals surface area contributed by atoms with Crippen LogP contribution in [-0.4, -0.2) is 52.4 Å². The van der Waals surface area contributed by atoms with Crippen LogP contribution in [0.2, 0.25) is 0 Å². The third-order valence-electron chi connectivity index (χ3n) is 5.47. The molecule has 1 aromatic carbocycles. The van der Waals surface area contributed by atoms with Crippen molar-refractivity contribution >= 4 is 34.1 Å². The second-order valence-electron chi connectivity index (χ2n) is 7.87. The Morgan fingerprint density at radius 2 is 2.12 bits per heavy atom. The number of nitrogens with zero attached hydrogens (tertiary/aromatic N) is 3. The molecule has 0 spiro atoms. The SMILES string of the molecule is Cc1nn(CC(F)F)c2ccc(Nc3nc(N[C@@H]4CCOC[C@@H]4N)c(F)cc3C(N)=O)cc12. The lowest BCUT2D eigenvalue weighted by Gasteiger charge is -2.30. The second kappa shape index (κ2) is 9.24. The minimum atomic E-state index is -2.54. The highest BCUT2D eigenvalue weighted by molar-refractivity contribution is 5.99. The Morgan fingerprint density at radius 1 is 1.33 bits per heavy atom. The Labute approximate surface area is 187 Å². The number of aromatic nitrogens is 3. The highest BCUT2D eigenvalue weighted by Gasteiger charge is 2.25. The Hall–Kier alpha value is -3.38. The van der Waals surface area contributed by atoms with Crippen molar-refractivity contribution in [1.82, 2.24) is 14.8 Å². The van der Waals surface area contributed by atoms with E-state index in [4.69, 9.17) is 16.2 Å². The topological polar surface area (TPSA) is 133 Å². The van der Waals surface area contributed by atoms with Gasteiger partial charge in [0, 0.05) is 29.8 Å². The van der Waals surface area contributed by atoms with Gasteiger partial charge in [-0.3, -0.25) is 9.48 Å². The van der Waals surface area contributed by atoms with Crippen LogP contribution in [0.4, 0.5) is 30.5 Å². The van der Waals surface area contributed by atoms with Crippen molar-refractivity contribution in [2.45, 2.75) is 38.4 Å². The van der Waals surface area contributed by atoms with Crippen molar-refractivity contribution in [2.24, 2.45) is 11.5 Å². The van der Waals surface area contributed by atoms with E-state index >= 15 is 0 Å². The second-order valence-corrected chi connectivity index (χ2v) is 7.87. The van der Waals surface area contributed by atoms with E-state index in [1.165, 1.54) is 4.68 Å². The van der Waals surface area contributed by atoms with E-state index in [1.807, 2.05) is 0 Å². The number of halogens is 3. The Kier molecular flexibility index (Phi) is 6.38. The molecule has 176 valence electrons. The third-order valence-corrected chi connectivity index (χ3v) is 5.47. The number of anilines is 3. The van der Waals surface area contributed by atoms with E-state index in [9.17, 15) is 18.0 Å². The van der Waals surface area contributed by atoms with Crippen molar-refractivity contribution in [3.63, 3.8) is 0 Å². The molecule has 3 aromatic rings. The number of fused-ring (bicyclic) bond motifs is 1. The monoisotopic (exact) mass is 463 g/mol. The summed E-state index contributed by atoms with van der Waals surface area (Å²) in [6.45, 7) is 2.00. The molecule has 0 radical (unpaired) electrons. The Balaban J connectivity index is 1.66. The summed E-state index contributed by atoms with van der Waals surface area (Å²) in [6.07, 6.45) is -1.97. The third kappa shape index (κ3) is 4.86. The molecule has 3 heterocycles. The molecule has 9 nitrogen and oxygen atoms in total. The van der Waals surface area contributed by atoms with Gasteiger partial charge >= 0.3 is 0 Å². The van der Waals surface area contributed by atoms with Gasteiger partial charge in [-0.25, -0.2) is 18.2 Å². The maximum absolute atomic E-state index is 14.7. The summed E-state index contributed by atoms with van der Waals surface area (Å²) in [5, 5.41) is 10.8. The number of primary amides is 1. The van der Waals surface area contributed by atoms with Crippen LogP contribution in [0, 0.1) is 12.7 Å². The number of hydrogen-bond acceptors (Lipinski definition) is 7. The van der Waals surface area contributed by atoms with Gasteiger partial charge < -0.3 is 26.8 Å². The molecule has 1 aliphatic heterocycles. The molecule has 4 rings (SSSR count). The van der Waals surface area contributed by atoms with E-state index in [-0.39, 0.29) is 29.3 Å². The number of hydrogen-bond donors (Lipinski definition) is 4. The molecule has 6 N–H and O–H groups in total. The largest absolute Gasteiger partial charge is 0.380 e. The zero-order chi connectivity index (χ0) is 23.7. The minimum absolute atomic E-state index is 0.0454. The van der Waals surface area contributed by atoms with Gasteiger partial charge in [-0.15, -0.1) is 0 Å². The molecule has 0 unspecified atom stereocenters. The number of carbonyl (C=O) groups is 1. The molecule has 0 saturated carbocycles. The first-order valence-electron chi connectivity index (χ1n) is 10.4. The number of ether oxygens (including phenoxy) is 1. The highest BCUT2D eigenvalue weighted by atomic mass is 19.3. The molecule has 33 heavy (non-hydrogen) atoms. The van der Waals surface area contributed by atoms with Gasteiger partial charge in [-0.05, 0) is 37.6 Å². The van der Waals surface area contributed by atoms with Gasteiger partial charge in [0.05, 0.1) is 23.4 Å². The Morgan fingerprint density at radius 3 is 2.82 bits per heavy atom. The average molecular weight is 463 g/mol. The van der Waals surface area contributed by atoms with E-state index < -0.39 is 24.7 Å². The molecule has 1 saturated heterocycles. The number of benzene rings is 1. The summed E-state index contributed by atoms with van der Waals surface area (Å²) >= 11 is 0. The quantitative estimate of drug-likeness (QED) is 0.423. The number of carbonyl (C=O) groups excluding carboxylic acids is 1. The minimum Gasteiger partial charge on any atom is -0.380 e. The van der Waals surface area contributed by atoms with Crippen molar-refractivity contribution in [1.29, 1.82) is 0 Å². The van der Waals surface area contributed by atoms with E-state index in [2.05, 4.69) is 20.7 Å². The molecule has 1 fully saturated rings. The number of amides is 1. The summed E-state index contributed by atoms with van der Waals surface area (Å²) in [5.41, 5.74) is 12.9. The van der Waals surface area contributed by atoms with Gasteiger partial charge in [-0.1, -0.05) is 0 Å². The van der Waals surface area contributed by atoms with Crippen LogP contribution in [0.3, 0.4) is 0 Å². The fourth-order valence-electron chi connectivity index (χ4n) is 3.81. The molecule has 0 bridgehead atoms. The zero-order valence-electron chi connectivity index (χ0n) is 17.8. The van der Waals surface area contributed by atoms with Crippen LogP contribution in [0.25, 0.3) is 10.9 Å². The summed E-state index contributed by atoms with van der Waals surface area (Å²) in [4.78, 5) is 16.2. The lowest BCUT2D eigenvalue weighted by atomic mass is 10.0. The van der Waals surface area contributed by atoms with Crippen molar-refractivity contribution in [3.8, 4) is 0 Å². The standard InChI is InChI=1S/C21H24F3N7O2/c1-10-12-6-11(2-3-17(12)31(30-10)8-18(23)24)27-20-13(19(26)32)7-14(22)21(29-20)28-16-4-5-33-9-15(16)25/h2-3,6-7,15-16,18H,4-5,8-9,25H2,1H3,(H2,26,32)(H2,27,28,29)/t15-,16+/m0/s1. The smallest absolute Gasteiger partial charge is 0.257 e. The van der Waals surface area contributed by atoms with Crippen LogP contribution in [-0.2, 0) is 11.3 Å². The highest BCUT2D eigenvalue weighted by Crippen LogP contribution is 2.28. The van der Waals surface area contributed by atoms with E-state index in [0.29, 0.717) is 41.9 Å². The predicted octanol–water partition coefficient (Wildman–Crippen LogP) is 2.51. The first-order valence-corrected chi connectivity index (χ1v) is 10.4. The summed E-state index contributed by atoms with van der Waals surface area (Å²) in [6, 6.07) is 5.36. The maximum Gasteiger partial charge on any atom is 0.257 e. The van der Waals surface area contributed by atoms with E-state index in [1.54, 1.807) is 25.1 Å². The van der Waals surface area contributed by atoms with Crippen molar-refractivity contribution < 1.29 is 22.7 Å². The number of nitrogens with two attached hydrogens (primary N) is 2. The fourth-order valence-corrected chi connectivity index (χ4v) is 3.81. The molecular weight excluding hydrogens is 439 g/mol. The molecule has 1 amide bonds. The molecular formula is C21H24F3N7O2. The normalized spacial score (nSPS) is 18.6. The molecule has 2 aromatic heterocycles. The van der Waals surface area contributed by atoms with Crippen LogP contribution in [0.15, 0.2) is 24.3 Å². The summed E-state index contributed by atoms with van der Waals surface area (Å²) in [7, 11) is 0. The molecule has 1 aliphatic rings. The van der Waals surface area contributed by atoms with Gasteiger partial charge in [0.15, 0.2) is 11.6 Å². The van der Waals surface area contributed by atoms with Gasteiger partial charge in [-0.2, -0.15) is 5.10 Å². The fraction of sp³-hybridized carbons (Fsp3) is 0.381. The molecule has 2 atom stereocenters. The van der Waals surface area contributed by atoms with Crippen molar-refractivity contribution in [3.05, 3.63) is 41.3 Å². The molecule has 12 heteroatoms. The Bertz CT molecular complexity index is 1180. The van der Waals surface area contributed by atoms with E-state index in [0.717, 1.165) is 6.07 Å². The number of alkyl halides is 2. The zero-order valence-corrected chi connectivity index (χ0v) is 17.8. The first-order chi connectivity index (χ1) is 15.7. The average Bonchev–Trinajstić information content (AvgIpc) is 3.05. The predicted molar refractivity (Wildman–Crippen MR) is 117 cm³/mol.